The molecule has 0 aliphatic heterocycles. The molecule has 0 bridgehead atoms. The van der Waals surface area contributed by atoms with Gasteiger partial charge in [0.05, 0.1) is 18.6 Å². The molecule has 2 heterocycles. The maximum atomic E-state index is 13.3. The number of halogens is 2. The minimum Gasteiger partial charge on any atom is -0.433 e. The molecule has 0 atom stereocenters. The zero-order chi connectivity index (χ0) is 24.2. The highest BCUT2D eigenvalue weighted by Crippen LogP contribution is 2.25. The molecule has 0 spiro atoms. The Balaban J connectivity index is 1.73. The highest BCUT2D eigenvalue weighted by Gasteiger charge is 2.20. The monoisotopic (exact) mass is 469 g/mol. The Morgan fingerprint density at radius 2 is 1.76 bits per heavy atom. The van der Waals surface area contributed by atoms with Crippen LogP contribution < -0.4 is 21.3 Å². The summed E-state index contributed by atoms with van der Waals surface area (Å²) in [5.41, 5.74) is -0.180. The number of nitrogens with one attached hydrogen (secondary N) is 1. The van der Waals surface area contributed by atoms with E-state index in [4.69, 9.17) is 0 Å². The lowest BCUT2D eigenvalue weighted by Crippen LogP contribution is -2.43. The lowest BCUT2D eigenvalue weighted by Gasteiger charge is -2.14. The summed E-state index contributed by atoms with van der Waals surface area (Å²) in [6, 6.07) is 14.8. The van der Waals surface area contributed by atoms with Crippen molar-refractivity contribution in [1.82, 2.24) is 18.7 Å². The lowest BCUT2D eigenvalue weighted by molar-refractivity contribution is -0.116. The SMILES string of the molecule is CCn1cnc2c1c(=O)n(CC(=O)Nc1ccccc1OC(F)F)c(=O)n2Cc1ccccc1. The number of nitrogens with zero attached hydrogens (tertiary/aromatic N) is 4. The second-order valence-electron chi connectivity index (χ2n) is 7.37. The molecule has 0 aliphatic rings. The molecular formula is C23H21F2N5O4. The van der Waals surface area contributed by atoms with E-state index in [1.807, 2.05) is 37.3 Å². The first-order valence-corrected chi connectivity index (χ1v) is 10.4. The fraction of sp³-hybridized carbons (Fsp3) is 0.217. The van der Waals surface area contributed by atoms with E-state index in [9.17, 15) is 23.2 Å². The summed E-state index contributed by atoms with van der Waals surface area (Å²) in [5, 5.41) is 2.43. The van der Waals surface area contributed by atoms with Crippen molar-refractivity contribution in [2.75, 3.05) is 5.32 Å². The number of fused-ring (bicyclic) bond motifs is 1. The lowest BCUT2D eigenvalue weighted by atomic mass is 10.2. The molecule has 4 rings (SSSR count). The Bertz CT molecular complexity index is 1440. The number of imidazole rings is 1. The first kappa shape index (κ1) is 22.9. The van der Waals surface area contributed by atoms with E-state index < -0.39 is 30.3 Å². The van der Waals surface area contributed by atoms with Crippen LogP contribution in [0.15, 0.2) is 70.5 Å². The van der Waals surface area contributed by atoms with Crippen molar-refractivity contribution in [2.45, 2.75) is 33.2 Å². The standard InChI is InChI=1S/C23H21F2N5O4/c1-2-28-14-26-20-19(28)21(32)30(23(33)29(20)12-15-8-4-3-5-9-15)13-18(31)27-16-10-6-7-11-17(16)34-22(24)25/h3-11,14,22H,2,12-13H2,1H3,(H,27,31). The molecule has 176 valence electrons. The van der Waals surface area contributed by atoms with Crippen LogP contribution in [0.3, 0.4) is 0 Å². The minimum absolute atomic E-state index is 0.00913. The highest BCUT2D eigenvalue weighted by atomic mass is 19.3. The van der Waals surface area contributed by atoms with Gasteiger partial charge >= 0.3 is 12.3 Å². The molecule has 0 saturated carbocycles. The normalized spacial score (nSPS) is 11.2. The van der Waals surface area contributed by atoms with E-state index in [2.05, 4.69) is 15.0 Å². The predicted octanol–water partition coefficient (Wildman–Crippen LogP) is 2.67. The van der Waals surface area contributed by atoms with Gasteiger partial charge in [-0.25, -0.2) is 14.3 Å². The predicted molar refractivity (Wildman–Crippen MR) is 121 cm³/mol. The Kier molecular flexibility index (Phi) is 6.53. The molecule has 1 amide bonds. The van der Waals surface area contributed by atoms with Gasteiger partial charge in [-0.1, -0.05) is 42.5 Å². The molecular weight excluding hydrogens is 448 g/mol. The fourth-order valence-corrected chi connectivity index (χ4v) is 3.63. The van der Waals surface area contributed by atoms with Crippen molar-refractivity contribution in [2.24, 2.45) is 0 Å². The number of benzene rings is 2. The van der Waals surface area contributed by atoms with Crippen molar-refractivity contribution in [3.05, 3.63) is 87.3 Å². The van der Waals surface area contributed by atoms with Gasteiger partial charge in [-0.05, 0) is 24.6 Å². The Labute approximate surface area is 191 Å². The van der Waals surface area contributed by atoms with E-state index in [1.54, 1.807) is 4.57 Å². The topological polar surface area (TPSA) is 100 Å². The highest BCUT2D eigenvalue weighted by molar-refractivity contribution is 5.92. The van der Waals surface area contributed by atoms with Gasteiger partial charge in [-0.3, -0.25) is 14.2 Å². The third kappa shape index (κ3) is 4.58. The second-order valence-corrected chi connectivity index (χ2v) is 7.37. The first-order chi connectivity index (χ1) is 16.4. The van der Waals surface area contributed by atoms with Crippen LogP contribution in [-0.4, -0.2) is 31.2 Å². The van der Waals surface area contributed by atoms with Gasteiger partial charge in [0.25, 0.3) is 5.56 Å². The number of aromatic nitrogens is 4. The van der Waals surface area contributed by atoms with Gasteiger partial charge < -0.3 is 14.6 Å². The molecule has 0 radical (unpaired) electrons. The Morgan fingerprint density at radius 3 is 2.47 bits per heavy atom. The van der Waals surface area contributed by atoms with Crippen LogP contribution in [0.4, 0.5) is 14.5 Å². The summed E-state index contributed by atoms with van der Waals surface area (Å²) < 4.78 is 33.5. The van der Waals surface area contributed by atoms with Crippen LogP contribution >= 0.6 is 0 Å². The number of carbonyl (C=O) groups is 1. The number of hydrogen-bond acceptors (Lipinski definition) is 5. The van der Waals surface area contributed by atoms with Crippen molar-refractivity contribution >= 4 is 22.8 Å². The van der Waals surface area contributed by atoms with Gasteiger partial charge in [0, 0.05) is 6.54 Å². The number of alkyl halides is 2. The minimum atomic E-state index is -3.08. The number of aryl methyl sites for hydroxylation is 1. The fourth-order valence-electron chi connectivity index (χ4n) is 3.63. The first-order valence-electron chi connectivity index (χ1n) is 10.4. The molecule has 0 saturated heterocycles. The van der Waals surface area contributed by atoms with Crippen LogP contribution in [0.25, 0.3) is 11.2 Å². The molecule has 4 aromatic rings. The summed E-state index contributed by atoms with van der Waals surface area (Å²) in [4.78, 5) is 43.5. The van der Waals surface area contributed by atoms with E-state index in [0.29, 0.717) is 6.54 Å². The zero-order valence-corrected chi connectivity index (χ0v) is 18.1. The maximum absolute atomic E-state index is 13.3. The van der Waals surface area contributed by atoms with E-state index in [-0.39, 0.29) is 29.1 Å². The molecule has 0 fully saturated rings. The molecule has 0 unspecified atom stereocenters. The third-order valence-electron chi connectivity index (χ3n) is 5.19. The van der Waals surface area contributed by atoms with Crippen LogP contribution in [0.1, 0.15) is 12.5 Å². The maximum Gasteiger partial charge on any atom is 0.387 e. The number of para-hydroxylation sites is 2. The zero-order valence-electron chi connectivity index (χ0n) is 18.1. The summed E-state index contributed by atoms with van der Waals surface area (Å²) in [6.45, 7) is -1.31. The molecule has 1 N–H and O–H groups in total. The van der Waals surface area contributed by atoms with Crippen molar-refractivity contribution in [3.8, 4) is 5.75 Å². The molecule has 2 aromatic heterocycles. The van der Waals surface area contributed by atoms with Gasteiger partial charge in [0.2, 0.25) is 5.91 Å². The molecule has 11 heteroatoms. The van der Waals surface area contributed by atoms with Crippen molar-refractivity contribution in [3.63, 3.8) is 0 Å². The Hall–Kier alpha value is -4.28. The number of amides is 1. The molecule has 0 aliphatic carbocycles. The number of ether oxygens (including phenoxy) is 1. The largest absolute Gasteiger partial charge is 0.433 e. The second kappa shape index (κ2) is 9.69. The third-order valence-corrected chi connectivity index (χ3v) is 5.19. The van der Waals surface area contributed by atoms with Crippen LogP contribution in [0.5, 0.6) is 5.75 Å². The van der Waals surface area contributed by atoms with Gasteiger partial charge in [-0.15, -0.1) is 0 Å². The van der Waals surface area contributed by atoms with Crippen molar-refractivity contribution in [1.29, 1.82) is 0 Å². The van der Waals surface area contributed by atoms with Crippen LogP contribution in [-0.2, 0) is 24.4 Å². The summed E-state index contributed by atoms with van der Waals surface area (Å²) in [6.07, 6.45) is 1.47. The number of rotatable bonds is 8. The van der Waals surface area contributed by atoms with E-state index >= 15 is 0 Å². The van der Waals surface area contributed by atoms with Gasteiger partial charge in [0.15, 0.2) is 11.2 Å². The van der Waals surface area contributed by atoms with Gasteiger partial charge in [0.1, 0.15) is 12.3 Å². The molecule has 34 heavy (non-hydrogen) atoms. The molecule has 9 nitrogen and oxygen atoms in total. The quantitative estimate of drug-likeness (QED) is 0.428. The summed E-state index contributed by atoms with van der Waals surface area (Å²) >= 11 is 0. The van der Waals surface area contributed by atoms with E-state index in [0.717, 1.165) is 10.1 Å². The smallest absolute Gasteiger partial charge is 0.387 e. The average molecular weight is 469 g/mol. The van der Waals surface area contributed by atoms with E-state index in [1.165, 1.54) is 35.2 Å². The van der Waals surface area contributed by atoms with Crippen LogP contribution in [0.2, 0.25) is 0 Å². The van der Waals surface area contributed by atoms with Gasteiger partial charge in [-0.2, -0.15) is 8.78 Å². The number of anilines is 1. The average Bonchev–Trinajstić information content (AvgIpc) is 3.25. The summed E-state index contributed by atoms with van der Waals surface area (Å²) in [7, 11) is 0. The van der Waals surface area contributed by atoms with Crippen molar-refractivity contribution < 1.29 is 18.3 Å². The number of hydrogen-bond donors (Lipinski definition) is 1. The Morgan fingerprint density at radius 1 is 1.06 bits per heavy atom. The molecule has 2 aromatic carbocycles. The summed E-state index contributed by atoms with van der Waals surface area (Å²) in [5.74, 6) is -0.989. The van der Waals surface area contributed by atoms with Crippen LogP contribution in [0, 0.1) is 0 Å². The number of carbonyl (C=O) groups excluding carboxylic acids is 1.